The molecule has 1 N–H and O–H groups in total. The Labute approximate surface area is 122 Å². The van der Waals surface area contributed by atoms with Crippen molar-refractivity contribution in [3.8, 4) is 17.9 Å². The van der Waals surface area contributed by atoms with E-state index < -0.39 is 5.82 Å². The van der Waals surface area contributed by atoms with Crippen LogP contribution in [0, 0.1) is 28.5 Å². The second-order valence-electron chi connectivity index (χ2n) is 4.21. The molecule has 0 aliphatic rings. The minimum absolute atomic E-state index is 0.00554. The number of benzene rings is 2. The lowest BCUT2D eigenvalue weighted by Crippen LogP contribution is -2.04. The molecule has 0 saturated carbocycles. The molecule has 0 heterocycles. The fourth-order valence-electron chi connectivity index (χ4n) is 1.82. The molecular formula is C16H12FN3O. The van der Waals surface area contributed by atoms with Crippen LogP contribution < -0.4 is 10.1 Å². The lowest BCUT2D eigenvalue weighted by atomic mass is 10.1. The summed E-state index contributed by atoms with van der Waals surface area (Å²) in [7, 11) is 0. The average Bonchev–Trinajstić information content (AvgIpc) is 2.53. The zero-order valence-electron chi connectivity index (χ0n) is 11.1. The molecule has 0 bridgehead atoms. The molecular weight excluding hydrogens is 269 g/mol. The number of ether oxygens (including phenoxy) is 1. The van der Waals surface area contributed by atoms with Gasteiger partial charge in [0.1, 0.15) is 23.7 Å². The minimum atomic E-state index is -0.541. The summed E-state index contributed by atoms with van der Waals surface area (Å²) in [5, 5.41) is 20.5. The van der Waals surface area contributed by atoms with Crippen LogP contribution in [0.15, 0.2) is 42.5 Å². The third-order valence-electron chi connectivity index (χ3n) is 2.83. The zero-order chi connectivity index (χ0) is 15.1. The molecule has 0 unspecified atom stereocenters. The summed E-state index contributed by atoms with van der Waals surface area (Å²) in [5.41, 5.74) is 1.51. The van der Waals surface area contributed by atoms with Gasteiger partial charge in [0.25, 0.3) is 0 Å². The molecule has 2 aromatic rings. The number of hydrogen-bond acceptors (Lipinski definition) is 4. The van der Waals surface area contributed by atoms with Gasteiger partial charge in [0.05, 0.1) is 5.56 Å². The van der Waals surface area contributed by atoms with E-state index in [0.29, 0.717) is 18.0 Å². The van der Waals surface area contributed by atoms with Gasteiger partial charge in [-0.25, -0.2) is 4.39 Å². The zero-order valence-corrected chi connectivity index (χ0v) is 11.1. The Balaban J connectivity index is 2.10. The maximum absolute atomic E-state index is 13.2. The highest BCUT2D eigenvalue weighted by molar-refractivity contribution is 5.50. The molecule has 0 spiro atoms. The predicted octanol–water partition coefficient (Wildman–Crippen LogP) is 3.21. The van der Waals surface area contributed by atoms with E-state index in [4.69, 9.17) is 15.3 Å². The number of nitrogens with one attached hydrogen (secondary N) is 1. The van der Waals surface area contributed by atoms with Gasteiger partial charge < -0.3 is 10.1 Å². The van der Waals surface area contributed by atoms with E-state index in [9.17, 15) is 4.39 Å². The number of hydrogen-bond donors (Lipinski definition) is 1. The molecule has 0 aromatic heterocycles. The number of nitrogens with zero attached hydrogens (tertiary/aromatic N) is 2. The van der Waals surface area contributed by atoms with Gasteiger partial charge in [0, 0.05) is 17.8 Å². The van der Waals surface area contributed by atoms with Crippen LogP contribution in [0.2, 0.25) is 0 Å². The molecule has 0 aliphatic carbocycles. The van der Waals surface area contributed by atoms with E-state index in [-0.39, 0.29) is 12.2 Å². The Morgan fingerprint density at radius 3 is 2.71 bits per heavy atom. The Bertz CT molecular complexity index is 716. The lowest BCUT2D eigenvalue weighted by molar-refractivity contribution is 0.364. The van der Waals surface area contributed by atoms with Gasteiger partial charge in [-0.15, -0.1) is 0 Å². The summed E-state index contributed by atoms with van der Waals surface area (Å²) in [5.74, 6) is 0.0787. The van der Waals surface area contributed by atoms with Crippen molar-refractivity contribution < 1.29 is 9.13 Å². The molecule has 2 rings (SSSR count). The fraction of sp³-hybridized carbons (Fsp3) is 0.125. The molecule has 0 radical (unpaired) electrons. The Hall–Kier alpha value is -3.05. The summed E-state index contributed by atoms with van der Waals surface area (Å²) in [4.78, 5) is 0. The SMILES string of the molecule is N#CCOc1ccccc1CNc1ccc(F)c(C#N)c1. The van der Waals surface area contributed by atoms with Gasteiger partial charge in [-0.2, -0.15) is 10.5 Å². The van der Waals surface area contributed by atoms with Crippen LogP contribution >= 0.6 is 0 Å². The van der Waals surface area contributed by atoms with Gasteiger partial charge in [-0.05, 0) is 24.3 Å². The summed E-state index contributed by atoms with van der Waals surface area (Å²) in [6.07, 6.45) is 0. The van der Waals surface area contributed by atoms with Crippen molar-refractivity contribution in [3.63, 3.8) is 0 Å². The summed E-state index contributed by atoms with van der Waals surface area (Å²) in [6, 6.07) is 15.3. The summed E-state index contributed by atoms with van der Waals surface area (Å²) < 4.78 is 18.6. The van der Waals surface area contributed by atoms with Crippen LogP contribution in [0.3, 0.4) is 0 Å². The molecule has 0 fully saturated rings. The van der Waals surface area contributed by atoms with E-state index in [1.54, 1.807) is 18.2 Å². The average molecular weight is 281 g/mol. The predicted molar refractivity (Wildman–Crippen MR) is 76.0 cm³/mol. The molecule has 5 heteroatoms. The first-order chi connectivity index (χ1) is 10.2. The first kappa shape index (κ1) is 14.4. The van der Waals surface area contributed by atoms with Gasteiger partial charge in [-0.3, -0.25) is 0 Å². The maximum atomic E-state index is 13.2. The minimum Gasteiger partial charge on any atom is -0.478 e. The van der Waals surface area contributed by atoms with Crippen molar-refractivity contribution in [1.82, 2.24) is 0 Å². The number of anilines is 1. The van der Waals surface area contributed by atoms with E-state index in [1.165, 1.54) is 12.1 Å². The number of rotatable bonds is 5. The van der Waals surface area contributed by atoms with E-state index >= 15 is 0 Å². The van der Waals surface area contributed by atoms with Crippen LogP contribution in [0.5, 0.6) is 5.75 Å². The monoisotopic (exact) mass is 281 g/mol. The molecule has 0 atom stereocenters. The van der Waals surface area contributed by atoms with Crippen molar-refractivity contribution >= 4 is 5.69 Å². The topological polar surface area (TPSA) is 68.8 Å². The maximum Gasteiger partial charge on any atom is 0.174 e. The van der Waals surface area contributed by atoms with Crippen molar-refractivity contribution in [1.29, 1.82) is 10.5 Å². The highest BCUT2D eigenvalue weighted by Gasteiger charge is 2.05. The van der Waals surface area contributed by atoms with Crippen molar-refractivity contribution in [2.45, 2.75) is 6.54 Å². The molecule has 21 heavy (non-hydrogen) atoms. The quantitative estimate of drug-likeness (QED) is 0.913. The Morgan fingerprint density at radius 1 is 1.14 bits per heavy atom. The van der Waals surface area contributed by atoms with Gasteiger partial charge in [-0.1, -0.05) is 18.2 Å². The summed E-state index contributed by atoms with van der Waals surface area (Å²) in [6.45, 7) is 0.421. The number of para-hydroxylation sites is 1. The largest absolute Gasteiger partial charge is 0.478 e. The smallest absolute Gasteiger partial charge is 0.174 e. The number of nitriles is 2. The van der Waals surface area contributed by atoms with Crippen molar-refractivity contribution in [2.75, 3.05) is 11.9 Å². The second-order valence-corrected chi connectivity index (χ2v) is 4.21. The van der Waals surface area contributed by atoms with Crippen LogP contribution in [0.25, 0.3) is 0 Å². The molecule has 104 valence electrons. The van der Waals surface area contributed by atoms with Gasteiger partial charge >= 0.3 is 0 Å². The van der Waals surface area contributed by atoms with Crippen molar-refractivity contribution in [2.24, 2.45) is 0 Å². The van der Waals surface area contributed by atoms with Crippen LogP contribution in [-0.4, -0.2) is 6.61 Å². The van der Waals surface area contributed by atoms with Crippen molar-refractivity contribution in [3.05, 3.63) is 59.4 Å². The van der Waals surface area contributed by atoms with Crippen LogP contribution in [0.1, 0.15) is 11.1 Å². The first-order valence-electron chi connectivity index (χ1n) is 6.26. The van der Waals surface area contributed by atoms with Gasteiger partial charge in [0.2, 0.25) is 0 Å². The number of halogens is 1. The van der Waals surface area contributed by atoms with Gasteiger partial charge in [0.15, 0.2) is 6.61 Å². The Kier molecular flexibility index (Phi) is 4.74. The fourth-order valence-corrected chi connectivity index (χ4v) is 1.82. The summed E-state index contributed by atoms with van der Waals surface area (Å²) >= 11 is 0. The molecule has 0 saturated heterocycles. The van der Waals surface area contributed by atoms with E-state index in [1.807, 2.05) is 24.3 Å². The lowest BCUT2D eigenvalue weighted by Gasteiger charge is -2.11. The molecule has 2 aromatic carbocycles. The van der Waals surface area contributed by atoms with E-state index in [2.05, 4.69) is 5.32 Å². The molecule has 4 nitrogen and oxygen atoms in total. The van der Waals surface area contributed by atoms with Crippen LogP contribution in [0.4, 0.5) is 10.1 Å². The standard InChI is InChI=1S/C16H12FN3O/c17-15-6-5-14(9-13(15)10-19)20-11-12-3-1-2-4-16(12)21-8-7-18/h1-6,9,20H,8,11H2. The van der Waals surface area contributed by atoms with Crippen LogP contribution in [-0.2, 0) is 6.54 Å². The third kappa shape index (κ3) is 3.71. The highest BCUT2D eigenvalue weighted by Crippen LogP contribution is 2.20. The molecule has 0 amide bonds. The molecule has 0 aliphatic heterocycles. The second kappa shape index (κ2) is 6.93. The first-order valence-corrected chi connectivity index (χ1v) is 6.26. The highest BCUT2D eigenvalue weighted by atomic mass is 19.1. The normalized spacial score (nSPS) is 9.48. The third-order valence-corrected chi connectivity index (χ3v) is 2.83. The Morgan fingerprint density at radius 2 is 1.95 bits per heavy atom. The van der Waals surface area contributed by atoms with E-state index in [0.717, 1.165) is 5.56 Å².